The molecule has 1 N–H and O–H groups in total. The number of nitrogens with zero attached hydrogens (tertiary/aromatic N) is 2. The Hall–Kier alpha value is -1.57. The maximum absolute atomic E-state index is 8.99. The molecule has 0 spiro atoms. The Bertz CT molecular complexity index is 644. The van der Waals surface area contributed by atoms with E-state index >= 15 is 0 Å². The van der Waals surface area contributed by atoms with Crippen LogP contribution in [0.2, 0.25) is 5.02 Å². The highest BCUT2D eigenvalue weighted by Gasteiger charge is 2.22. The number of aryl methyl sites for hydroxylation is 1. The van der Waals surface area contributed by atoms with E-state index < -0.39 is 0 Å². The van der Waals surface area contributed by atoms with E-state index in [2.05, 4.69) is 27.8 Å². The smallest absolute Gasteiger partial charge is 0.146 e. The van der Waals surface area contributed by atoms with Gasteiger partial charge in [-0.05, 0) is 42.3 Å². The Kier molecular flexibility index (Phi) is 3.41. The summed E-state index contributed by atoms with van der Waals surface area (Å²) in [5.41, 5.74) is 1.80. The van der Waals surface area contributed by atoms with Crippen LogP contribution in [0, 0.1) is 11.3 Å². The summed E-state index contributed by atoms with van der Waals surface area (Å²) in [4.78, 5) is 5.69. The monoisotopic (exact) mass is 289 g/mol. The highest BCUT2D eigenvalue weighted by atomic mass is 35.5. The number of nitriles is 1. The molecule has 0 aromatic carbocycles. The van der Waals surface area contributed by atoms with Crippen molar-refractivity contribution in [1.82, 2.24) is 4.98 Å². The molecule has 2 aromatic rings. The first-order valence-corrected chi connectivity index (χ1v) is 7.43. The van der Waals surface area contributed by atoms with E-state index in [4.69, 9.17) is 16.9 Å². The second-order valence-corrected chi connectivity index (χ2v) is 5.90. The number of aromatic nitrogens is 1. The molecule has 2 aromatic heterocycles. The Morgan fingerprint density at radius 1 is 1.47 bits per heavy atom. The Balaban J connectivity index is 1.90. The van der Waals surface area contributed by atoms with Crippen LogP contribution in [0.25, 0.3) is 0 Å². The number of nitrogens with one attached hydrogen (secondary N) is 1. The highest BCUT2D eigenvalue weighted by molar-refractivity contribution is 7.10. The fourth-order valence-electron chi connectivity index (χ4n) is 2.43. The summed E-state index contributed by atoms with van der Waals surface area (Å²) in [6.07, 6.45) is 5.01. The lowest BCUT2D eigenvalue weighted by Crippen LogP contribution is -2.16. The molecule has 0 radical (unpaired) electrons. The van der Waals surface area contributed by atoms with Crippen LogP contribution in [0.15, 0.2) is 23.7 Å². The quantitative estimate of drug-likeness (QED) is 0.903. The summed E-state index contributed by atoms with van der Waals surface area (Å²) < 4.78 is 0. The van der Waals surface area contributed by atoms with Crippen LogP contribution in [0.4, 0.5) is 5.82 Å². The Labute approximate surface area is 120 Å². The van der Waals surface area contributed by atoms with E-state index in [1.54, 1.807) is 23.6 Å². The van der Waals surface area contributed by atoms with Crippen LogP contribution in [0.1, 0.15) is 34.9 Å². The third kappa shape index (κ3) is 2.32. The first kappa shape index (κ1) is 12.5. The van der Waals surface area contributed by atoms with Gasteiger partial charge in [0.1, 0.15) is 16.9 Å². The van der Waals surface area contributed by atoms with Gasteiger partial charge in [-0.1, -0.05) is 11.6 Å². The van der Waals surface area contributed by atoms with Crippen LogP contribution in [-0.4, -0.2) is 4.98 Å². The molecule has 19 heavy (non-hydrogen) atoms. The largest absolute Gasteiger partial charge is 0.362 e. The van der Waals surface area contributed by atoms with Crippen molar-refractivity contribution in [3.8, 4) is 6.07 Å². The molecule has 3 rings (SSSR count). The van der Waals surface area contributed by atoms with Gasteiger partial charge in [-0.25, -0.2) is 4.98 Å². The summed E-state index contributed by atoms with van der Waals surface area (Å²) in [6, 6.07) is 6.12. The van der Waals surface area contributed by atoms with E-state index in [0.29, 0.717) is 16.4 Å². The van der Waals surface area contributed by atoms with Crippen LogP contribution in [0.3, 0.4) is 0 Å². The standard InChI is InChI=1S/C14H12ClN3S/c15-13-9(8-16)4-6-17-14(13)18-11-2-1-3-12-10(11)5-7-19-12/h4-7,11H,1-3H2,(H,17,18). The van der Waals surface area contributed by atoms with Crippen LogP contribution < -0.4 is 5.32 Å². The molecule has 1 atom stereocenters. The van der Waals surface area contributed by atoms with Gasteiger partial charge < -0.3 is 5.32 Å². The molecule has 1 unspecified atom stereocenters. The minimum atomic E-state index is 0.244. The van der Waals surface area contributed by atoms with Gasteiger partial charge in [0.15, 0.2) is 0 Å². The average Bonchev–Trinajstić information content (AvgIpc) is 2.90. The molecular formula is C14H12ClN3S. The van der Waals surface area contributed by atoms with Crippen molar-refractivity contribution >= 4 is 28.8 Å². The van der Waals surface area contributed by atoms with Crippen molar-refractivity contribution in [2.75, 3.05) is 5.32 Å². The Morgan fingerprint density at radius 3 is 3.21 bits per heavy atom. The van der Waals surface area contributed by atoms with Crippen molar-refractivity contribution in [3.63, 3.8) is 0 Å². The molecule has 2 heterocycles. The van der Waals surface area contributed by atoms with Crippen LogP contribution in [-0.2, 0) is 6.42 Å². The van der Waals surface area contributed by atoms with Crippen molar-refractivity contribution < 1.29 is 0 Å². The summed E-state index contributed by atoms with van der Waals surface area (Å²) in [7, 11) is 0. The highest BCUT2D eigenvalue weighted by Crippen LogP contribution is 2.36. The van der Waals surface area contributed by atoms with E-state index in [1.165, 1.54) is 16.9 Å². The molecule has 0 amide bonds. The first-order chi connectivity index (χ1) is 9.29. The van der Waals surface area contributed by atoms with Gasteiger partial charge in [-0.2, -0.15) is 5.26 Å². The molecule has 0 fully saturated rings. The zero-order chi connectivity index (χ0) is 13.2. The topological polar surface area (TPSA) is 48.7 Å². The molecule has 0 saturated heterocycles. The zero-order valence-electron chi connectivity index (χ0n) is 10.2. The van der Waals surface area contributed by atoms with E-state index in [9.17, 15) is 0 Å². The normalized spacial score (nSPS) is 17.6. The predicted octanol–water partition coefficient (Wildman–Crippen LogP) is 4.16. The molecule has 0 aliphatic heterocycles. The molecule has 0 saturated carbocycles. The number of halogens is 1. The van der Waals surface area contributed by atoms with Gasteiger partial charge in [0, 0.05) is 11.1 Å². The lowest BCUT2D eigenvalue weighted by Gasteiger charge is -2.24. The number of fused-ring (bicyclic) bond motifs is 1. The second-order valence-electron chi connectivity index (χ2n) is 4.52. The fraction of sp³-hybridized carbons (Fsp3) is 0.286. The lowest BCUT2D eigenvalue weighted by atomic mass is 9.94. The van der Waals surface area contributed by atoms with E-state index in [1.807, 2.05) is 0 Å². The molecule has 0 bridgehead atoms. The van der Waals surface area contributed by atoms with Crippen molar-refractivity contribution in [1.29, 1.82) is 5.26 Å². The molecule has 3 nitrogen and oxygen atoms in total. The van der Waals surface area contributed by atoms with Crippen LogP contribution >= 0.6 is 22.9 Å². The maximum atomic E-state index is 8.99. The lowest BCUT2D eigenvalue weighted by molar-refractivity contribution is 0.607. The maximum Gasteiger partial charge on any atom is 0.146 e. The minimum Gasteiger partial charge on any atom is -0.362 e. The number of hydrogen-bond acceptors (Lipinski definition) is 4. The van der Waals surface area contributed by atoms with Crippen LogP contribution in [0.5, 0.6) is 0 Å². The number of rotatable bonds is 2. The predicted molar refractivity (Wildman–Crippen MR) is 77.6 cm³/mol. The first-order valence-electron chi connectivity index (χ1n) is 6.17. The average molecular weight is 290 g/mol. The Morgan fingerprint density at radius 2 is 2.37 bits per heavy atom. The van der Waals surface area contributed by atoms with Crippen molar-refractivity contribution in [2.45, 2.75) is 25.3 Å². The van der Waals surface area contributed by atoms with Gasteiger partial charge in [-0.3, -0.25) is 0 Å². The van der Waals surface area contributed by atoms with Gasteiger partial charge in [0.2, 0.25) is 0 Å². The molecular weight excluding hydrogens is 278 g/mol. The summed E-state index contributed by atoms with van der Waals surface area (Å²) >= 11 is 7.99. The summed E-state index contributed by atoms with van der Waals surface area (Å²) in [5, 5.41) is 14.9. The van der Waals surface area contributed by atoms with Crippen molar-refractivity contribution in [2.24, 2.45) is 0 Å². The molecule has 5 heteroatoms. The van der Waals surface area contributed by atoms with Gasteiger partial charge in [0.25, 0.3) is 0 Å². The van der Waals surface area contributed by atoms with Gasteiger partial charge in [-0.15, -0.1) is 11.3 Å². The van der Waals surface area contributed by atoms with E-state index in [-0.39, 0.29) is 6.04 Å². The number of anilines is 1. The molecule has 1 aliphatic carbocycles. The number of thiophene rings is 1. The summed E-state index contributed by atoms with van der Waals surface area (Å²) in [5.74, 6) is 0.602. The van der Waals surface area contributed by atoms with E-state index in [0.717, 1.165) is 12.8 Å². The third-order valence-electron chi connectivity index (χ3n) is 3.37. The third-order valence-corrected chi connectivity index (χ3v) is 4.75. The summed E-state index contributed by atoms with van der Waals surface area (Å²) in [6.45, 7) is 0. The second kappa shape index (κ2) is 5.20. The van der Waals surface area contributed by atoms with Crippen molar-refractivity contribution in [3.05, 3.63) is 44.7 Å². The van der Waals surface area contributed by atoms with Gasteiger partial charge >= 0.3 is 0 Å². The number of pyridine rings is 1. The fourth-order valence-corrected chi connectivity index (χ4v) is 3.63. The minimum absolute atomic E-state index is 0.244. The zero-order valence-corrected chi connectivity index (χ0v) is 11.8. The molecule has 96 valence electrons. The number of hydrogen-bond donors (Lipinski definition) is 1. The molecule has 1 aliphatic rings. The SMILES string of the molecule is N#Cc1ccnc(NC2CCCc3sccc32)c1Cl. The van der Waals surface area contributed by atoms with Gasteiger partial charge in [0.05, 0.1) is 11.6 Å².